The Labute approximate surface area is 192 Å². The molecule has 3 aromatic rings. The summed E-state index contributed by atoms with van der Waals surface area (Å²) < 4.78 is 26.1. The summed E-state index contributed by atoms with van der Waals surface area (Å²) >= 11 is 0. The van der Waals surface area contributed by atoms with Gasteiger partial charge in [0.1, 0.15) is 23.4 Å². The molecule has 1 aliphatic rings. The molecule has 0 unspecified atom stereocenters. The lowest BCUT2D eigenvalue weighted by Crippen LogP contribution is -2.35. The van der Waals surface area contributed by atoms with Gasteiger partial charge < -0.3 is 14.8 Å². The van der Waals surface area contributed by atoms with Crippen molar-refractivity contribution in [2.75, 3.05) is 13.7 Å². The van der Waals surface area contributed by atoms with E-state index in [0.29, 0.717) is 41.2 Å². The van der Waals surface area contributed by atoms with Crippen molar-refractivity contribution in [3.05, 3.63) is 82.7 Å². The number of benzene rings is 3. The van der Waals surface area contributed by atoms with Crippen molar-refractivity contribution in [1.82, 2.24) is 5.32 Å². The monoisotopic (exact) mass is 447 g/mol. The van der Waals surface area contributed by atoms with E-state index in [9.17, 15) is 14.0 Å². The Bertz CT molecular complexity index is 1220. The van der Waals surface area contributed by atoms with E-state index in [0.717, 1.165) is 16.7 Å². The molecule has 0 saturated heterocycles. The molecular weight excluding hydrogens is 421 g/mol. The Hall–Kier alpha value is -3.67. The van der Waals surface area contributed by atoms with Crippen molar-refractivity contribution in [3.63, 3.8) is 0 Å². The van der Waals surface area contributed by atoms with Crippen LogP contribution in [-0.4, -0.2) is 31.4 Å². The molecule has 0 aliphatic carbocycles. The first-order valence-corrected chi connectivity index (χ1v) is 10.8. The van der Waals surface area contributed by atoms with Crippen LogP contribution in [0.25, 0.3) is 11.1 Å². The molecular formula is C27H26FNO4. The number of rotatable bonds is 7. The number of aryl methyl sites for hydroxylation is 1. The highest BCUT2D eigenvalue weighted by Gasteiger charge is 2.28. The molecule has 1 heterocycles. The molecule has 0 bridgehead atoms. The minimum atomic E-state index is -0.411. The van der Waals surface area contributed by atoms with Gasteiger partial charge in [0.05, 0.1) is 20.1 Å². The average Bonchev–Trinajstić information content (AvgIpc) is 3.20. The van der Waals surface area contributed by atoms with Crippen molar-refractivity contribution < 1.29 is 23.5 Å². The number of nitrogens with one attached hydrogen (secondary N) is 1. The topological polar surface area (TPSA) is 64.6 Å². The fraction of sp³-hybridized carbons (Fsp3) is 0.259. The predicted octanol–water partition coefficient (Wildman–Crippen LogP) is 4.67. The number of carbonyl (C=O) groups excluding carboxylic acids is 2. The van der Waals surface area contributed by atoms with Gasteiger partial charge in [-0.25, -0.2) is 4.39 Å². The Morgan fingerprint density at radius 3 is 2.70 bits per heavy atom. The third kappa shape index (κ3) is 5.06. The van der Waals surface area contributed by atoms with Gasteiger partial charge in [0, 0.05) is 23.1 Å². The van der Waals surface area contributed by atoms with E-state index in [2.05, 4.69) is 5.32 Å². The number of hydrogen-bond donors (Lipinski definition) is 1. The normalized spacial score (nSPS) is 14.4. The minimum absolute atomic E-state index is 0.112. The first-order valence-electron chi connectivity index (χ1n) is 10.8. The van der Waals surface area contributed by atoms with Crippen LogP contribution < -0.4 is 14.8 Å². The summed E-state index contributed by atoms with van der Waals surface area (Å²) in [6.07, 6.45) is 0.593. The lowest BCUT2D eigenvalue weighted by molar-refractivity contribution is -0.120. The third-order valence-electron chi connectivity index (χ3n) is 5.73. The van der Waals surface area contributed by atoms with Crippen molar-refractivity contribution in [1.29, 1.82) is 0 Å². The summed E-state index contributed by atoms with van der Waals surface area (Å²) in [7, 11) is 1.59. The largest absolute Gasteiger partial charge is 0.497 e. The predicted molar refractivity (Wildman–Crippen MR) is 124 cm³/mol. The Morgan fingerprint density at radius 1 is 1.12 bits per heavy atom. The number of ether oxygens (including phenoxy) is 2. The number of halogens is 1. The maximum atomic E-state index is 14.7. The molecule has 170 valence electrons. The molecule has 1 amide bonds. The first-order chi connectivity index (χ1) is 15.8. The van der Waals surface area contributed by atoms with E-state index in [-0.39, 0.29) is 24.2 Å². The lowest BCUT2D eigenvalue weighted by atomic mass is 9.95. The lowest BCUT2D eigenvalue weighted by Gasteiger charge is -2.15. The van der Waals surface area contributed by atoms with Gasteiger partial charge in [-0.2, -0.15) is 0 Å². The number of Topliss-reactive ketones (excluding diaryl/α,β-unsaturated/α-hetero) is 1. The fourth-order valence-electron chi connectivity index (χ4n) is 4.12. The molecule has 0 saturated carbocycles. The number of hydrogen-bond acceptors (Lipinski definition) is 4. The number of fused-ring (bicyclic) bond motifs is 1. The van der Waals surface area contributed by atoms with Gasteiger partial charge in [0.25, 0.3) is 0 Å². The van der Waals surface area contributed by atoms with Crippen molar-refractivity contribution in [2.24, 2.45) is 0 Å². The highest BCUT2D eigenvalue weighted by Crippen LogP contribution is 2.41. The second-order valence-corrected chi connectivity index (χ2v) is 8.33. The van der Waals surface area contributed by atoms with Gasteiger partial charge in [-0.3, -0.25) is 9.59 Å². The second kappa shape index (κ2) is 9.45. The SMILES string of the molecule is COc1cccc(CC(=O)NC[C@@H]2Cc3cc(C)cc(-c4cc(C(C)=O)ccc4F)c3O2)c1. The van der Waals surface area contributed by atoms with Crippen LogP contribution in [0.4, 0.5) is 4.39 Å². The zero-order chi connectivity index (χ0) is 23.5. The van der Waals surface area contributed by atoms with E-state index in [1.54, 1.807) is 13.2 Å². The Balaban J connectivity index is 1.48. The molecule has 4 rings (SSSR count). The molecule has 0 radical (unpaired) electrons. The maximum Gasteiger partial charge on any atom is 0.224 e. The molecule has 1 aliphatic heterocycles. The van der Waals surface area contributed by atoms with Crippen LogP contribution in [-0.2, 0) is 17.6 Å². The van der Waals surface area contributed by atoms with Crippen LogP contribution in [0.15, 0.2) is 54.6 Å². The minimum Gasteiger partial charge on any atom is -0.497 e. The molecule has 0 fully saturated rings. The van der Waals surface area contributed by atoms with E-state index in [1.807, 2.05) is 43.3 Å². The summed E-state index contributed by atoms with van der Waals surface area (Å²) in [5.41, 5.74) is 4.20. The summed E-state index contributed by atoms with van der Waals surface area (Å²) in [5, 5.41) is 2.93. The van der Waals surface area contributed by atoms with Crippen LogP contribution >= 0.6 is 0 Å². The van der Waals surface area contributed by atoms with Crippen molar-refractivity contribution in [2.45, 2.75) is 32.8 Å². The zero-order valence-electron chi connectivity index (χ0n) is 18.9. The van der Waals surface area contributed by atoms with Crippen molar-refractivity contribution in [3.8, 4) is 22.6 Å². The molecule has 3 aromatic carbocycles. The quantitative estimate of drug-likeness (QED) is 0.535. The molecule has 1 atom stereocenters. The number of ketones is 1. The van der Waals surface area contributed by atoms with Crippen LogP contribution in [0, 0.1) is 12.7 Å². The average molecular weight is 448 g/mol. The van der Waals surface area contributed by atoms with Crippen LogP contribution in [0.2, 0.25) is 0 Å². The standard InChI is InChI=1S/C27H26FNO4/c1-16-9-20-13-22(15-29-26(31)12-18-5-4-6-21(11-18)32-3)33-27(20)24(10-16)23-14-19(17(2)30)7-8-25(23)28/h4-11,14,22H,12-13,15H2,1-3H3,(H,29,31)/t22-/m0/s1. The van der Waals surface area contributed by atoms with E-state index in [4.69, 9.17) is 9.47 Å². The highest BCUT2D eigenvalue weighted by molar-refractivity contribution is 5.95. The van der Waals surface area contributed by atoms with Crippen LogP contribution in [0.3, 0.4) is 0 Å². The zero-order valence-corrected chi connectivity index (χ0v) is 18.9. The van der Waals surface area contributed by atoms with E-state index < -0.39 is 5.82 Å². The maximum absolute atomic E-state index is 14.7. The van der Waals surface area contributed by atoms with Gasteiger partial charge in [0.2, 0.25) is 5.91 Å². The van der Waals surface area contributed by atoms with Gasteiger partial charge >= 0.3 is 0 Å². The summed E-state index contributed by atoms with van der Waals surface area (Å²) in [5.74, 6) is 0.662. The van der Waals surface area contributed by atoms with Crippen LogP contribution in [0.1, 0.15) is 34.0 Å². The highest BCUT2D eigenvalue weighted by atomic mass is 19.1. The molecule has 0 aromatic heterocycles. The number of carbonyl (C=O) groups is 2. The fourth-order valence-corrected chi connectivity index (χ4v) is 4.12. The Morgan fingerprint density at radius 2 is 1.94 bits per heavy atom. The smallest absolute Gasteiger partial charge is 0.224 e. The van der Waals surface area contributed by atoms with E-state index >= 15 is 0 Å². The molecule has 33 heavy (non-hydrogen) atoms. The molecule has 0 spiro atoms. The summed E-state index contributed by atoms with van der Waals surface area (Å²) in [4.78, 5) is 24.2. The van der Waals surface area contributed by atoms with E-state index in [1.165, 1.54) is 19.1 Å². The van der Waals surface area contributed by atoms with Gasteiger partial charge in [-0.15, -0.1) is 0 Å². The molecule has 6 heteroatoms. The summed E-state index contributed by atoms with van der Waals surface area (Å²) in [6.45, 7) is 3.74. The second-order valence-electron chi connectivity index (χ2n) is 8.33. The van der Waals surface area contributed by atoms with Gasteiger partial charge in [-0.05, 0) is 66.9 Å². The first kappa shape index (κ1) is 22.5. The molecule has 5 nitrogen and oxygen atoms in total. The van der Waals surface area contributed by atoms with Crippen LogP contribution in [0.5, 0.6) is 11.5 Å². The number of amides is 1. The van der Waals surface area contributed by atoms with Gasteiger partial charge in [-0.1, -0.05) is 18.2 Å². The molecule has 1 N–H and O–H groups in total. The Kier molecular flexibility index (Phi) is 6.45. The third-order valence-corrected chi connectivity index (χ3v) is 5.73. The number of methoxy groups -OCH3 is 1. The summed E-state index contributed by atoms with van der Waals surface area (Å²) in [6, 6.07) is 15.6. The van der Waals surface area contributed by atoms with Gasteiger partial charge in [0.15, 0.2) is 5.78 Å². The van der Waals surface area contributed by atoms with Crippen molar-refractivity contribution >= 4 is 11.7 Å².